The van der Waals surface area contributed by atoms with Gasteiger partial charge in [-0.2, -0.15) is 10.4 Å². The Morgan fingerprint density at radius 1 is 1.37 bits per heavy atom. The number of benzene rings is 1. The molecule has 5 nitrogen and oxygen atoms in total. The maximum atomic E-state index is 9.18. The molecule has 0 aliphatic carbocycles. The maximum absolute atomic E-state index is 9.18. The van der Waals surface area contributed by atoms with Gasteiger partial charge in [-0.05, 0) is 25.1 Å². The lowest BCUT2D eigenvalue weighted by Gasteiger charge is -2.14. The van der Waals surface area contributed by atoms with Crippen LogP contribution < -0.4 is 10.2 Å². The average Bonchev–Trinajstić information content (AvgIpc) is 2.64. The normalized spacial score (nSPS) is 10.1. The smallest absolute Gasteiger partial charge is 0.146 e. The van der Waals surface area contributed by atoms with E-state index in [0.29, 0.717) is 5.56 Å². The number of rotatable bonds is 3. The number of hydrogen-bond donors (Lipinski definition) is 1. The van der Waals surface area contributed by atoms with Gasteiger partial charge in [0, 0.05) is 32.5 Å². The largest absolute Gasteiger partial charge is 0.378 e. The van der Waals surface area contributed by atoms with Gasteiger partial charge in [-0.25, -0.2) is 0 Å². The number of anilines is 3. The first-order valence-electron chi connectivity index (χ1n) is 6.01. The zero-order valence-corrected chi connectivity index (χ0v) is 11.6. The van der Waals surface area contributed by atoms with Gasteiger partial charge in [0.25, 0.3) is 0 Å². The molecule has 1 N–H and O–H groups in total. The molecule has 0 unspecified atom stereocenters. The van der Waals surface area contributed by atoms with Crippen molar-refractivity contribution in [3.63, 3.8) is 0 Å². The van der Waals surface area contributed by atoms with Crippen LogP contribution in [-0.2, 0) is 7.05 Å². The Morgan fingerprint density at radius 3 is 2.74 bits per heavy atom. The van der Waals surface area contributed by atoms with E-state index in [1.54, 1.807) is 4.68 Å². The van der Waals surface area contributed by atoms with E-state index in [9.17, 15) is 5.26 Å². The Hall–Kier alpha value is -2.48. The van der Waals surface area contributed by atoms with E-state index in [4.69, 9.17) is 0 Å². The highest BCUT2D eigenvalue weighted by molar-refractivity contribution is 5.67. The summed E-state index contributed by atoms with van der Waals surface area (Å²) in [5.74, 6) is 0.718. The Morgan fingerprint density at radius 2 is 2.11 bits per heavy atom. The first-order chi connectivity index (χ1) is 9.02. The standard InChI is InChI=1S/C14H17N5/c1-10-13(9-15)14(19(4)17-10)16-11-6-5-7-12(8-11)18(2)3/h5-8,16H,1-4H3. The zero-order valence-electron chi connectivity index (χ0n) is 11.6. The summed E-state index contributed by atoms with van der Waals surface area (Å²) < 4.78 is 1.69. The van der Waals surface area contributed by atoms with Gasteiger partial charge in [0.1, 0.15) is 17.5 Å². The lowest BCUT2D eigenvalue weighted by Crippen LogP contribution is -2.09. The van der Waals surface area contributed by atoms with Gasteiger partial charge in [0.05, 0.1) is 5.69 Å². The molecule has 0 aliphatic rings. The van der Waals surface area contributed by atoms with E-state index < -0.39 is 0 Å². The minimum Gasteiger partial charge on any atom is -0.378 e. The Labute approximate surface area is 113 Å². The van der Waals surface area contributed by atoms with Crippen LogP contribution in [0.2, 0.25) is 0 Å². The van der Waals surface area contributed by atoms with Crippen LogP contribution in [0.3, 0.4) is 0 Å². The van der Waals surface area contributed by atoms with Gasteiger partial charge in [-0.3, -0.25) is 4.68 Å². The van der Waals surface area contributed by atoms with Crippen LogP contribution in [-0.4, -0.2) is 23.9 Å². The highest BCUT2D eigenvalue weighted by Crippen LogP contribution is 2.24. The topological polar surface area (TPSA) is 56.9 Å². The summed E-state index contributed by atoms with van der Waals surface area (Å²) in [4.78, 5) is 2.03. The minimum absolute atomic E-state index is 0.581. The van der Waals surface area contributed by atoms with Gasteiger partial charge < -0.3 is 10.2 Å². The van der Waals surface area contributed by atoms with Crippen molar-refractivity contribution in [2.45, 2.75) is 6.92 Å². The predicted octanol–water partition coefficient (Wildman–Crippen LogP) is 2.41. The Bertz CT molecular complexity index is 634. The summed E-state index contributed by atoms with van der Waals surface area (Å²) in [6.45, 7) is 1.83. The van der Waals surface area contributed by atoms with Crippen LogP contribution in [0.25, 0.3) is 0 Å². The van der Waals surface area contributed by atoms with E-state index in [0.717, 1.165) is 22.9 Å². The summed E-state index contributed by atoms with van der Waals surface area (Å²) in [5.41, 5.74) is 3.35. The summed E-state index contributed by atoms with van der Waals surface area (Å²) in [7, 11) is 5.81. The molecular formula is C14H17N5. The molecular weight excluding hydrogens is 238 g/mol. The first kappa shape index (κ1) is 13.0. The predicted molar refractivity (Wildman–Crippen MR) is 76.7 cm³/mol. The third-order valence-electron chi connectivity index (χ3n) is 2.96. The second-order valence-corrected chi connectivity index (χ2v) is 4.61. The Kier molecular flexibility index (Phi) is 3.43. The second kappa shape index (κ2) is 5.02. The van der Waals surface area contributed by atoms with Crippen LogP contribution in [0, 0.1) is 18.3 Å². The van der Waals surface area contributed by atoms with E-state index >= 15 is 0 Å². The lowest BCUT2D eigenvalue weighted by molar-refractivity contribution is 0.765. The molecule has 19 heavy (non-hydrogen) atoms. The van der Waals surface area contributed by atoms with Crippen molar-refractivity contribution in [2.75, 3.05) is 24.3 Å². The van der Waals surface area contributed by atoms with Gasteiger partial charge in [-0.1, -0.05) is 6.07 Å². The van der Waals surface area contributed by atoms with Crippen LogP contribution in [0.15, 0.2) is 24.3 Å². The summed E-state index contributed by atoms with van der Waals surface area (Å²) >= 11 is 0. The van der Waals surface area contributed by atoms with Gasteiger partial charge in [0.15, 0.2) is 0 Å². The fourth-order valence-electron chi connectivity index (χ4n) is 1.93. The number of nitriles is 1. The highest BCUT2D eigenvalue weighted by Gasteiger charge is 2.12. The molecule has 0 fully saturated rings. The van der Waals surface area contributed by atoms with Crippen molar-refractivity contribution < 1.29 is 0 Å². The number of nitrogens with zero attached hydrogens (tertiary/aromatic N) is 4. The number of hydrogen-bond acceptors (Lipinski definition) is 4. The van der Waals surface area contributed by atoms with Gasteiger partial charge in [0.2, 0.25) is 0 Å². The molecule has 1 heterocycles. The molecule has 2 aromatic rings. The zero-order chi connectivity index (χ0) is 14.0. The molecule has 0 atom stereocenters. The van der Waals surface area contributed by atoms with Crippen molar-refractivity contribution in [1.29, 1.82) is 5.26 Å². The molecule has 2 rings (SSSR count). The molecule has 5 heteroatoms. The number of aromatic nitrogens is 2. The molecule has 0 amide bonds. The maximum Gasteiger partial charge on any atom is 0.146 e. The van der Waals surface area contributed by atoms with Crippen LogP contribution >= 0.6 is 0 Å². The average molecular weight is 255 g/mol. The molecule has 98 valence electrons. The molecule has 0 radical (unpaired) electrons. The molecule has 0 saturated heterocycles. The third kappa shape index (κ3) is 2.52. The van der Waals surface area contributed by atoms with Crippen molar-refractivity contribution in [3.8, 4) is 6.07 Å². The molecule has 1 aromatic carbocycles. The quantitative estimate of drug-likeness (QED) is 0.915. The van der Waals surface area contributed by atoms with Gasteiger partial charge >= 0.3 is 0 Å². The summed E-state index contributed by atoms with van der Waals surface area (Å²) in [6.07, 6.45) is 0. The van der Waals surface area contributed by atoms with E-state index in [1.165, 1.54) is 0 Å². The number of aryl methyl sites for hydroxylation is 2. The van der Waals surface area contributed by atoms with Crippen molar-refractivity contribution >= 4 is 17.2 Å². The monoisotopic (exact) mass is 255 g/mol. The van der Waals surface area contributed by atoms with E-state index in [1.807, 2.05) is 57.2 Å². The number of nitrogens with one attached hydrogen (secondary N) is 1. The van der Waals surface area contributed by atoms with Crippen molar-refractivity contribution in [1.82, 2.24) is 9.78 Å². The Balaban J connectivity index is 2.37. The van der Waals surface area contributed by atoms with Crippen LogP contribution in [0.1, 0.15) is 11.3 Å². The molecule has 0 aliphatic heterocycles. The molecule has 0 spiro atoms. The van der Waals surface area contributed by atoms with Crippen LogP contribution in [0.4, 0.5) is 17.2 Å². The highest BCUT2D eigenvalue weighted by atomic mass is 15.3. The van der Waals surface area contributed by atoms with Crippen LogP contribution in [0.5, 0.6) is 0 Å². The van der Waals surface area contributed by atoms with Gasteiger partial charge in [-0.15, -0.1) is 0 Å². The second-order valence-electron chi connectivity index (χ2n) is 4.61. The van der Waals surface area contributed by atoms with E-state index in [-0.39, 0.29) is 0 Å². The fraction of sp³-hybridized carbons (Fsp3) is 0.286. The molecule has 0 bridgehead atoms. The van der Waals surface area contributed by atoms with Crippen molar-refractivity contribution in [3.05, 3.63) is 35.5 Å². The lowest BCUT2D eigenvalue weighted by atomic mass is 10.2. The SMILES string of the molecule is Cc1nn(C)c(Nc2cccc(N(C)C)c2)c1C#N. The summed E-state index contributed by atoms with van der Waals surface area (Å²) in [5, 5.41) is 16.7. The molecule has 1 aromatic heterocycles. The first-order valence-corrected chi connectivity index (χ1v) is 6.01. The summed E-state index contributed by atoms with van der Waals surface area (Å²) in [6, 6.07) is 10.2. The molecule has 0 saturated carbocycles. The fourth-order valence-corrected chi connectivity index (χ4v) is 1.93. The third-order valence-corrected chi connectivity index (χ3v) is 2.96. The van der Waals surface area contributed by atoms with Crippen molar-refractivity contribution in [2.24, 2.45) is 7.05 Å². The minimum atomic E-state index is 0.581. The van der Waals surface area contributed by atoms with E-state index in [2.05, 4.69) is 16.5 Å².